The Morgan fingerprint density at radius 3 is 2.95 bits per heavy atom. The van der Waals surface area contributed by atoms with Crippen LogP contribution in [-0.4, -0.2) is 35.9 Å². The number of sulfonamides is 1. The van der Waals surface area contributed by atoms with Gasteiger partial charge in [-0.25, -0.2) is 18.1 Å². The smallest absolute Gasteiger partial charge is 0.259 e. The third kappa shape index (κ3) is 3.28. The third-order valence-corrected chi connectivity index (χ3v) is 5.85. The standard InChI is InChI=1S/C12H16ClN3O2S2/c1-9(19-2)6-7-14-20(17,18)12-11(13)15-10-5-3-4-8-16(10)12/h3-5,8-9,14H,6-7H2,1-2H3. The molecule has 1 N–H and O–H groups in total. The number of thioether (sulfide) groups is 1. The monoisotopic (exact) mass is 333 g/mol. The Balaban J connectivity index is 2.26. The van der Waals surface area contributed by atoms with Crippen molar-refractivity contribution >= 4 is 39.0 Å². The number of rotatable bonds is 6. The molecule has 0 radical (unpaired) electrons. The molecule has 8 heteroatoms. The van der Waals surface area contributed by atoms with Crippen LogP contribution in [0, 0.1) is 0 Å². The molecule has 2 heterocycles. The zero-order valence-electron chi connectivity index (χ0n) is 11.2. The van der Waals surface area contributed by atoms with E-state index in [9.17, 15) is 8.42 Å². The predicted molar refractivity (Wildman–Crippen MR) is 83.0 cm³/mol. The Morgan fingerprint density at radius 2 is 2.25 bits per heavy atom. The van der Waals surface area contributed by atoms with Crippen molar-refractivity contribution in [3.63, 3.8) is 0 Å². The van der Waals surface area contributed by atoms with Gasteiger partial charge in [0.2, 0.25) is 0 Å². The maximum Gasteiger partial charge on any atom is 0.259 e. The third-order valence-electron chi connectivity index (χ3n) is 2.95. The van der Waals surface area contributed by atoms with E-state index in [0.717, 1.165) is 6.42 Å². The number of fused-ring (bicyclic) bond motifs is 1. The van der Waals surface area contributed by atoms with Crippen LogP contribution in [0.2, 0.25) is 5.15 Å². The van der Waals surface area contributed by atoms with Gasteiger partial charge in [0.05, 0.1) is 0 Å². The van der Waals surface area contributed by atoms with Crippen molar-refractivity contribution < 1.29 is 8.42 Å². The highest BCUT2D eigenvalue weighted by molar-refractivity contribution is 7.99. The summed E-state index contributed by atoms with van der Waals surface area (Å²) < 4.78 is 28.7. The first-order valence-electron chi connectivity index (χ1n) is 6.10. The Hall–Kier alpha value is -0.760. The van der Waals surface area contributed by atoms with Gasteiger partial charge in [-0.1, -0.05) is 24.6 Å². The van der Waals surface area contributed by atoms with E-state index in [0.29, 0.717) is 17.4 Å². The Labute approximate surface area is 127 Å². The molecule has 5 nitrogen and oxygen atoms in total. The largest absolute Gasteiger partial charge is 0.288 e. The van der Waals surface area contributed by atoms with E-state index in [4.69, 9.17) is 11.6 Å². The van der Waals surface area contributed by atoms with E-state index in [2.05, 4.69) is 16.6 Å². The molecule has 2 aromatic rings. The second kappa shape index (κ2) is 6.34. The number of imidazole rings is 1. The molecule has 0 aliphatic rings. The van der Waals surface area contributed by atoms with Gasteiger partial charge in [-0.3, -0.25) is 4.40 Å². The van der Waals surface area contributed by atoms with Gasteiger partial charge in [-0.2, -0.15) is 11.8 Å². The summed E-state index contributed by atoms with van der Waals surface area (Å²) in [7, 11) is -3.67. The molecular weight excluding hydrogens is 318 g/mol. The summed E-state index contributed by atoms with van der Waals surface area (Å²) >= 11 is 7.67. The summed E-state index contributed by atoms with van der Waals surface area (Å²) in [6.45, 7) is 2.43. The molecule has 0 fully saturated rings. The van der Waals surface area contributed by atoms with Crippen LogP contribution in [0.25, 0.3) is 5.65 Å². The van der Waals surface area contributed by atoms with Crippen molar-refractivity contribution in [2.45, 2.75) is 23.6 Å². The molecule has 1 unspecified atom stereocenters. The summed E-state index contributed by atoms with van der Waals surface area (Å²) in [6, 6.07) is 5.23. The molecule has 2 aromatic heterocycles. The first kappa shape index (κ1) is 15.6. The molecule has 110 valence electrons. The number of nitrogens with zero attached hydrogens (tertiary/aromatic N) is 2. The van der Waals surface area contributed by atoms with E-state index in [1.807, 2.05) is 6.26 Å². The quantitative estimate of drug-likeness (QED) is 0.881. The summed E-state index contributed by atoms with van der Waals surface area (Å²) in [4.78, 5) is 4.04. The van der Waals surface area contributed by atoms with Gasteiger partial charge in [-0.05, 0) is 24.8 Å². The molecule has 0 aliphatic heterocycles. The lowest BCUT2D eigenvalue weighted by molar-refractivity contribution is 0.574. The Bertz CT molecular complexity index is 700. The number of hydrogen-bond donors (Lipinski definition) is 1. The lowest BCUT2D eigenvalue weighted by Crippen LogP contribution is -2.27. The van der Waals surface area contributed by atoms with Crippen LogP contribution in [0.3, 0.4) is 0 Å². The zero-order chi connectivity index (χ0) is 14.8. The molecule has 0 aliphatic carbocycles. The van der Waals surface area contributed by atoms with E-state index >= 15 is 0 Å². The van der Waals surface area contributed by atoms with Gasteiger partial charge in [0.1, 0.15) is 5.65 Å². The summed E-state index contributed by atoms with van der Waals surface area (Å²) in [5.74, 6) is 0. The number of nitrogens with one attached hydrogen (secondary N) is 1. The van der Waals surface area contributed by atoms with Crippen LogP contribution >= 0.6 is 23.4 Å². The molecule has 1 atom stereocenters. The molecule has 0 bridgehead atoms. The molecule has 0 spiro atoms. The van der Waals surface area contributed by atoms with Crippen LogP contribution < -0.4 is 4.72 Å². The number of hydrogen-bond acceptors (Lipinski definition) is 4. The fourth-order valence-corrected chi connectivity index (χ4v) is 3.81. The average Bonchev–Trinajstić information content (AvgIpc) is 2.74. The van der Waals surface area contributed by atoms with Crippen LogP contribution in [-0.2, 0) is 10.0 Å². The lowest BCUT2D eigenvalue weighted by Gasteiger charge is -2.09. The van der Waals surface area contributed by atoms with E-state index in [-0.39, 0.29) is 10.2 Å². The fourth-order valence-electron chi connectivity index (χ4n) is 1.77. The second-order valence-corrected chi connectivity index (χ2v) is 7.69. The predicted octanol–water partition coefficient (Wildman–Crippen LogP) is 2.41. The van der Waals surface area contributed by atoms with Crippen molar-refractivity contribution in [2.75, 3.05) is 12.8 Å². The van der Waals surface area contributed by atoms with Crippen molar-refractivity contribution in [3.8, 4) is 0 Å². The number of halogens is 1. The normalized spacial score (nSPS) is 13.8. The van der Waals surface area contributed by atoms with Crippen molar-refractivity contribution in [2.24, 2.45) is 0 Å². The van der Waals surface area contributed by atoms with Gasteiger partial charge < -0.3 is 0 Å². The van der Waals surface area contributed by atoms with E-state index in [1.54, 1.807) is 36.2 Å². The molecule has 0 saturated carbocycles. The average molecular weight is 334 g/mol. The molecule has 0 aromatic carbocycles. The van der Waals surface area contributed by atoms with Gasteiger partial charge in [0, 0.05) is 18.0 Å². The first-order chi connectivity index (χ1) is 9.45. The van der Waals surface area contributed by atoms with Gasteiger partial charge in [0.15, 0.2) is 10.2 Å². The van der Waals surface area contributed by atoms with Crippen molar-refractivity contribution in [1.82, 2.24) is 14.1 Å². The topological polar surface area (TPSA) is 63.5 Å². The second-order valence-electron chi connectivity index (χ2n) is 4.37. The van der Waals surface area contributed by atoms with Crippen LogP contribution in [0.15, 0.2) is 29.4 Å². The summed E-state index contributed by atoms with van der Waals surface area (Å²) in [6.07, 6.45) is 4.39. The minimum Gasteiger partial charge on any atom is -0.288 e. The van der Waals surface area contributed by atoms with Gasteiger partial charge >= 0.3 is 0 Å². The lowest BCUT2D eigenvalue weighted by atomic mass is 10.3. The van der Waals surface area contributed by atoms with Gasteiger partial charge in [-0.15, -0.1) is 0 Å². The molecular formula is C12H16ClN3O2S2. The summed E-state index contributed by atoms with van der Waals surface area (Å²) in [5, 5.41) is 0.378. The highest BCUT2D eigenvalue weighted by Crippen LogP contribution is 2.22. The molecule has 0 amide bonds. The fraction of sp³-hybridized carbons (Fsp3) is 0.417. The number of aromatic nitrogens is 2. The summed E-state index contributed by atoms with van der Waals surface area (Å²) in [5.41, 5.74) is 0.510. The van der Waals surface area contributed by atoms with Crippen LogP contribution in [0.1, 0.15) is 13.3 Å². The maximum atomic E-state index is 12.3. The highest BCUT2D eigenvalue weighted by atomic mass is 35.5. The van der Waals surface area contributed by atoms with E-state index in [1.165, 1.54) is 4.40 Å². The SMILES string of the molecule is CSC(C)CCNS(=O)(=O)c1c(Cl)nc2ccccn12. The molecule has 20 heavy (non-hydrogen) atoms. The molecule has 2 rings (SSSR count). The number of pyridine rings is 1. The minimum absolute atomic E-state index is 0.00780. The van der Waals surface area contributed by atoms with Crippen molar-refractivity contribution in [1.29, 1.82) is 0 Å². The minimum atomic E-state index is -3.67. The zero-order valence-corrected chi connectivity index (χ0v) is 13.6. The van der Waals surface area contributed by atoms with Crippen molar-refractivity contribution in [3.05, 3.63) is 29.5 Å². The maximum absolute atomic E-state index is 12.3. The first-order valence-corrected chi connectivity index (χ1v) is 9.25. The highest BCUT2D eigenvalue weighted by Gasteiger charge is 2.23. The van der Waals surface area contributed by atoms with E-state index < -0.39 is 10.0 Å². The molecule has 0 saturated heterocycles. The van der Waals surface area contributed by atoms with Crippen LogP contribution in [0.5, 0.6) is 0 Å². The Morgan fingerprint density at radius 1 is 1.50 bits per heavy atom. The van der Waals surface area contributed by atoms with Gasteiger partial charge in [0.25, 0.3) is 10.0 Å². The Kier molecular flexibility index (Phi) is 4.95. The van der Waals surface area contributed by atoms with Crippen LogP contribution in [0.4, 0.5) is 0 Å².